The number of rotatable bonds is 57. The summed E-state index contributed by atoms with van der Waals surface area (Å²) in [5.74, 6) is -0.988. The molecule has 0 fully saturated rings. The van der Waals surface area contributed by atoms with Gasteiger partial charge < -0.3 is 14.2 Å². The van der Waals surface area contributed by atoms with E-state index in [2.05, 4.69) is 112 Å². The predicted molar refractivity (Wildman–Crippen MR) is 325 cm³/mol. The minimum absolute atomic E-state index is 0.108. The Morgan fingerprint density at radius 2 is 0.547 bits per heavy atom. The Bertz CT molecular complexity index is 1410. The van der Waals surface area contributed by atoms with Crippen LogP contribution in [-0.4, -0.2) is 37.2 Å². The Balaban J connectivity index is 4.48. The van der Waals surface area contributed by atoms with Crippen molar-refractivity contribution in [3.8, 4) is 0 Å². The molecule has 0 atom stereocenters. The van der Waals surface area contributed by atoms with Crippen molar-refractivity contribution in [1.82, 2.24) is 0 Å². The van der Waals surface area contributed by atoms with Gasteiger partial charge in [-0.1, -0.05) is 272 Å². The molecule has 430 valence electrons. The highest BCUT2D eigenvalue weighted by molar-refractivity contribution is 5.71. The van der Waals surface area contributed by atoms with Gasteiger partial charge in [0.15, 0.2) is 6.10 Å². The topological polar surface area (TPSA) is 78.9 Å². The molecule has 0 spiro atoms. The summed E-state index contributed by atoms with van der Waals surface area (Å²) in [6.45, 7) is 6.48. The monoisotopic (exact) mass is 1040 g/mol. The molecule has 0 aliphatic carbocycles. The summed E-state index contributed by atoms with van der Waals surface area (Å²) in [7, 11) is 0. The summed E-state index contributed by atoms with van der Waals surface area (Å²) in [6, 6.07) is 0. The molecule has 0 N–H and O–H groups in total. The van der Waals surface area contributed by atoms with Gasteiger partial charge in [-0.3, -0.25) is 14.4 Å². The third kappa shape index (κ3) is 61.1. The minimum Gasteiger partial charge on any atom is -0.462 e. The van der Waals surface area contributed by atoms with Crippen molar-refractivity contribution in [1.29, 1.82) is 0 Å². The van der Waals surface area contributed by atoms with Crippen molar-refractivity contribution in [3.63, 3.8) is 0 Å². The van der Waals surface area contributed by atoms with Crippen LogP contribution < -0.4 is 0 Å². The first-order valence-corrected chi connectivity index (χ1v) is 31.7. The number of esters is 3. The Morgan fingerprint density at radius 3 is 0.867 bits per heavy atom. The smallest absolute Gasteiger partial charge is 0.306 e. The second-order valence-corrected chi connectivity index (χ2v) is 20.9. The van der Waals surface area contributed by atoms with E-state index in [0.29, 0.717) is 19.3 Å². The summed E-state index contributed by atoms with van der Waals surface area (Å²) < 4.78 is 16.9. The molecule has 0 rings (SSSR count). The maximum absolute atomic E-state index is 12.9. The van der Waals surface area contributed by atoms with Gasteiger partial charge in [-0.15, -0.1) is 0 Å². The molecule has 75 heavy (non-hydrogen) atoms. The summed E-state index contributed by atoms with van der Waals surface area (Å²) in [4.78, 5) is 38.3. The number of unbranched alkanes of at least 4 members (excludes halogenated alkanes) is 30. The van der Waals surface area contributed by atoms with E-state index >= 15 is 0 Å². The van der Waals surface area contributed by atoms with Gasteiger partial charge in [0, 0.05) is 19.3 Å². The highest BCUT2D eigenvalue weighted by Crippen LogP contribution is 2.16. The average Bonchev–Trinajstić information content (AvgIpc) is 3.41. The molecule has 0 aromatic rings. The highest BCUT2D eigenvalue weighted by atomic mass is 16.6. The Kier molecular flexibility index (Phi) is 59.8. The molecule has 0 bridgehead atoms. The standard InChI is InChI=1S/C69H118O6/c1-4-7-10-13-16-19-22-25-28-31-34-37-40-43-46-49-52-55-58-61-67(70)73-64-66(75-69(72)63-60-57-54-51-48-45-42-39-36-33-30-27-24-21-18-15-12-9-6-3)65-74-68(71)62-59-56-53-50-47-44-41-38-35-32-29-26-23-20-17-14-11-8-5-2/h9,12,18,21,25-30,36,39,45,48,54,57,66H,4-8,10-11,13-17,19-20,22-24,31-35,37-38,40-44,46-47,49-53,55-56,58-65H2,1-3H3/b12-9-,21-18-,28-25-,29-26-,30-27-,39-36-,48-45-,57-54-. The zero-order chi connectivity index (χ0) is 54.3. The summed E-state index contributed by atoms with van der Waals surface area (Å²) in [5.41, 5.74) is 0. The summed E-state index contributed by atoms with van der Waals surface area (Å²) in [6.07, 6.45) is 84.2. The van der Waals surface area contributed by atoms with Gasteiger partial charge in [-0.2, -0.15) is 0 Å². The quantitative estimate of drug-likeness (QED) is 0.0261. The van der Waals surface area contributed by atoms with Crippen LogP contribution in [-0.2, 0) is 28.6 Å². The molecule has 0 heterocycles. The van der Waals surface area contributed by atoms with Crippen LogP contribution >= 0.6 is 0 Å². The lowest BCUT2D eigenvalue weighted by molar-refractivity contribution is -0.166. The van der Waals surface area contributed by atoms with Crippen molar-refractivity contribution >= 4 is 17.9 Å². The first-order valence-electron chi connectivity index (χ1n) is 31.7. The van der Waals surface area contributed by atoms with E-state index in [-0.39, 0.29) is 31.6 Å². The van der Waals surface area contributed by atoms with Crippen molar-refractivity contribution < 1.29 is 28.6 Å². The van der Waals surface area contributed by atoms with E-state index in [4.69, 9.17) is 14.2 Å². The Morgan fingerprint density at radius 1 is 0.280 bits per heavy atom. The third-order valence-electron chi connectivity index (χ3n) is 13.6. The van der Waals surface area contributed by atoms with Crippen LogP contribution in [0, 0.1) is 0 Å². The largest absolute Gasteiger partial charge is 0.462 e. The van der Waals surface area contributed by atoms with Crippen LogP contribution in [0.3, 0.4) is 0 Å². The van der Waals surface area contributed by atoms with E-state index in [1.54, 1.807) is 0 Å². The first-order chi connectivity index (χ1) is 37.0. The zero-order valence-electron chi connectivity index (χ0n) is 49.3. The normalized spacial score (nSPS) is 12.4. The number of carbonyl (C=O) groups is 3. The fourth-order valence-corrected chi connectivity index (χ4v) is 8.81. The van der Waals surface area contributed by atoms with Gasteiger partial charge in [-0.05, 0) is 109 Å². The zero-order valence-corrected chi connectivity index (χ0v) is 49.3. The Hall–Kier alpha value is -3.67. The second-order valence-electron chi connectivity index (χ2n) is 20.9. The Labute approximate surface area is 464 Å². The fraction of sp³-hybridized carbons (Fsp3) is 0.725. The molecule has 6 nitrogen and oxygen atoms in total. The van der Waals surface area contributed by atoms with Crippen LogP contribution in [0.25, 0.3) is 0 Å². The maximum atomic E-state index is 12.9. The molecule has 0 aromatic carbocycles. The third-order valence-corrected chi connectivity index (χ3v) is 13.6. The fourth-order valence-electron chi connectivity index (χ4n) is 8.81. The first kappa shape index (κ1) is 71.3. The van der Waals surface area contributed by atoms with E-state index < -0.39 is 12.1 Å². The summed E-state index contributed by atoms with van der Waals surface area (Å²) >= 11 is 0. The number of ether oxygens (including phenoxy) is 3. The number of hydrogen-bond acceptors (Lipinski definition) is 6. The molecule has 0 amide bonds. The van der Waals surface area contributed by atoms with Crippen LogP contribution in [0.15, 0.2) is 97.2 Å². The maximum Gasteiger partial charge on any atom is 0.306 e. The van der Waals surface area contributed by atoms with Crippen LogP contribution in [0.1, 0.15) is 303 Å². The van der Waals surface area contributed by atoms with Crippen LogP contribution in [0.5, 0.6) is 0 Å². The lowest BCUT2D eigenvalue weighted by Gasteiger charge is -2.18. The molecule has 0 aliphatic rings. The molecule has 0 saturated carbocycles. The molecule has 0 unspecified atom stereocenters. The van der Waals surface area contributed by atoms with Crippen molar-refractivity contribution in [2.75, 3.05) is 13.2 Å². The van der Waals surface area contributed by atoms with Gasteiger partial charge in [0.1, 0.15) is 13.2 Å². The van der Waals surface area contributed by atoms with Gasteiger partial charge in [0.05, 0.1) is 0 Å². The van der Waals surface area contributed by atoms with E-state index in [9.17, 15) is 14.4 Å². The highest BCUT2D eigenvalue weighted by Gasteiger charge is 2.19. The number of carbonyl (C=O) groups excluding carboxylic acids is 3. The minimum atomic E-state index is -0.821. The number of hydrogen-bond donors (Lipinski definition) is 0. The van der Waals surface area contributed by atoms with E-state index in [1.807, 2.05) is 6.08 Å². The van der Waals surface area contributed by atoms with Crippen molar-refractivity contribution in [2.45, 2.75) is 309 Å². The average molecular weight is 1040 g/mol. The van der Waals surface area contributed by atoms with Crippen LogP contribution in [0.2, 0.25) is 0 Å². The van der Waals surface area contributed by atoms with E-state index in [0.717, 1.165) is 77.0 Å². The molecule has 0 saturated heterocycles. The van der Waals surface area contributed by atoms with Gasteiger partial charge in [0.25, 0.3) is 0 Å². The molecule has 0 radical (unpaired) electrons. The van der Waals surface area contributed by atoms with E-state index in [1.165, 1.54) is 180 Å². The predicted octanol–water partition coefficient (Wildman–Crippen LogP) is 21.7. The second kappa shape index (κ2) is 62.9. The van der Waals surface area contributed by atoms with Crippen molar-refractivity contribution in [2.24, 2.45) is 0 Å². The molecule has 0 aliphatic heterocycles. The van der Waals surface area contributed by atoms with Gasteiger partial charge in [-0.25, -0.2) is 0 Å². The lowest BCUT2D eigenvalue weighted by Crippen LogP contribution is -2.30. The molecular weight excluding hydrogens is 925 g/mol. The molecule has 6 heteroatoms. The SMILES string of the molecule is CC/C=C\C/C=C\C/C=C\C/C=C\C/C=C\C/C=C\CCC(=O)OC(COC(=O)CCCCCCCCCCC/C=C\CCCCCCCC)COC(=O)CCCCCCCCCCC/C=C\CCCCCCCC. The van der Waals surface area contributed by atoms with Gasteiger partial charge in [0.2, 0.25) is 0 Å². The summed E-state index contributed by atoms with van der Waals surface area (Å²) in [5, 5.41) is 0. The lowest BCUT2D eigenvalue weighted by atomic mass is 10.1. The van der Waals surface area contributed by atoms with Gasteiger partial charge >= 0.3 is 17.9 Å². The molecule has 0 aromatic heterocycles. The molecular formula is C69H118O6. The van der Waals surface area contributed by atoms with Crippen molar-refractivity contribution in [3.05, 3.63) is 97.2 Å². The van der Waals surface area contributed by atoms with Crippen LogP contribution in [0.4, 0.5) is 0 Å². The number of allylic oxidation sites excluding steroid dienone is 16.